The lowest BCUT2D eigenvalue weighted by atomic mass is 10.1. The Morgan fingerprint density at radius 2 is 1.79 bits per heavy atom. The van der Waals surface area contributed by atoms with E-state index in [1.165, 1.54) is 54.8 Å². The molecule has 5 heteroatoms. The molecule has 3 heterocycles. The van der Waals surface area contributed by atoms with E-state index in [-0.39, 0.29) is 0 Å². The summed E-state index contributed by atoms with van der Waals surface area (Å²) in [5.41, 5.74) is 4.84. The third kappa shape index (κ3) is 3.06. The number of nitrogens with zero attached hydrogens (tertiary/aromatic N) is 3. The van der Waals surface area contributed by atoms with Crippen LogP contribution in [0.5, 0.6) is 5.75 Å². The molecule has 2 aromatic carbocycles. The largest absolute Gasteiger partial charge is 0.497 e. The standard InChI is InChI=1S/C23H26N4O/c1-28-19-11-9-18(10-12-19)22-17-27-21-8-3-2-7-20(21)24-23(27)26(22)16-6-15-25-13-4-5-14-25/h2-3,7-12,17H,4-6,13-16H2,1H3/p+1. The van der Waals surface area contributed by atoms with Crippen molar-refractivity contribution in [3.05, 3.63) is 54.7 Å². The van der Waals surface area contributed by atoms with E-state index in [2.05, 4.69) is 61.4 Å². The van der Waals surface area contributed by atoms with Crippen LogP contribution in [0.3, 0.4) is 0 Å². The van der Waals surface area contributed by atoms with Crippen molar-refractivity contribution >= 4 is 16.8 Å². The summed E-state index contributed by atoms with van der Waals surface area (Å²) in [5, 5.41) is 0. The minimum atomic E-state index is 0.888. The van der Waals surface area contributed by atoms with Gasteiger partial charge in [0.2, 0.25) is 0 Å². The zero-order chi connectivity index (χ0) is 18.9. The molecule has 4 aromatic rings. The van der Waals surface area contributed by atoms with Gasteiger partial charge in [-0.15, -0.1) is 0 Å². The molecule has 5 rings (SSSR count). The molecular formula is C23H27N4O+. The topological polar surface area (TPSA) is 37.3 Å². The van der Waals surface area contributed by atoms with Crippen molar-refractivity contribution in [1.82, 2.24) is 14.5 Å². The van der Waals surface area contributed by atoms with Crippen molar-refractivity contribution in [2.75, 3.05) is 26.7 Å². The fraction of sp³-hybridized carbons (Fsp3) is 0.348. The molecule has 5 nitrogen and oxygen atoms in total. The van der Waals surface area contributed by atoms with Gasteiger partial charge in [0.15, 0.2) is 0 Å². The second kappa shape index (κ2) is 7.32. The van der Waals surface area contributed by atoms with Gasteiger partial charge in [0.1, 0.15) is 28.7 Å². The molecule has 0 saturated carbocycles. The average molecular weight is 375 g/mol. The van der Waals surface area contributed by atoms with Crippen LogP contribution in [-0.2, 0) is 6.54 Å². The first kappa shape index (κ1) is 17.3. The van der Waals surface area contributed by atoms with Crippen molar-refractivity contribution in [1.29, 1.82) is 0 Å². The van der Waals surface area contributed by atoms with E-state index < -0.39 is 0 Å². The van der Waals surface area contributed by atoms with E-state index in [1.807, 2.05) is 12.1 Å². The van der Waals surface area contributed by atoms with Gasteiger partial charge in [-0.05, 0) is 68.8 Å². The van der Waals surface area contributed by atoms with Gasteiger partial charge in [-0.25, -0.2) is 9.55 Å². The van der Waals surface area contributed by atoms with E-state index in [4.69, 9.17) is 4.74 Å². The Labute approximate surface area is 165 Å². The molecule has 1 N–H and O–H groups in total. The van der Waals surface area contributed by atoms with E-state index in [0.29, 0.717) is 0 Å². The first-order valence-corrected chi connectivity index (χ1v) is 10.2. The summed E-state index contributed by atoms with van der Waals surface area (Å²) in [6.07, 6.45) is 6.11. The molecule has 1 aliphatic rings. The molecule has 0 aliphatic carbocycles. The monoisotopic (exact) mass is 375 g/mol. The number of para-hydroxylation sites is 2. The van der Waals surface area contributed by atoms with Crippen LogP contribution in [0.25, 0.3) is 28.1 Å². The molecule has 0 atom stereocenters. The molecule has 0 bridgehead atoms. The van der Waals surface area contributed by atoms with Crippen LogP contribution < -0.4 is 9.14 Å². The number of H-pyrrole nitrogens is 1. The predicted molar refractivity (Wildman–Crippen MR) is 112 cm³/mol. The molecule has 0 radical (unpaired) electrons. The number of benzene rings is 2. The zero-order valence-corrected chi connectivity index (χ0v) is 16.4. The normalized spacial score (nSPS) is 15.0. The minimum Gasteiger partial charge on any atom is -0.497 e. The summed E-state index contributed by atoms with van der Waals surface area (Å²) in [6.45, 7) is 4.69. The van der Waals surface area contributed by atoms with E-state index >= 15 is 0 Å². The number of aromatic nitrogens is 3. The van der Waals surface area contributed by atoms with Crippen LogP contribution in [0.1, 0.15) is 19.3 Å². The summed E-state index contributed by atoms with van der Waals surface area (Å²) in [4.78, 5) is 6.21. The summed E-state index contributed by atoms with van der Waals surface area (Å²) in [5.74, 6) is 2.04. The Balaban J connectivity index is 1.54. The average Bonchev–Trinajstić information content (AvgIpc) is 3.45. The molecule has 1 aliphatic heterocycles. The van der Waals surface area contributed by atoms with Gasteiger partial charge in [-0.3, -0.25) is 0 Å². The van der Waals surface area contributed by atoms with Crippen LogP contribution in [0.15, 0.2) is 54.7 Å². The maximum absolute atomic E-state index is 5.34. The van der Waals surface area contributed by atoms with Crippen LogP contribution >= 0.6 is 0 Å². The maximum atomic E-state index is 5.34. The van der Waals surface area contributed by atoms with Crippen LogP contribution in [0.2, 0.25) is 0 Å². The Bertz CT molecular complexity index is 1090. The highest BCUT2D eigenvalue weighted by molar-refractivity contribution is 5.74. The third-order valence-corrected chi connectivity index (χ3v) is 5.88. The number of rotatable bonds is 6. The molecule has 0 unspecified atom stereocenters. The molecule has 2 aromatic heterocycles. The summed E-state index contributed by atoms with van der Waals surface area (Å²) >= 11 is 0. The predicted octanol–water partition coefficient (Wildman–Crippen LogP) is 3.87. The van der Waals surface area contributed by atoms with E-state index in [9.17, 15) is 0 Å². The number of methoxy groups -OCH3 is 1. The van der Waals surface area contributed by atoms with E-state index in [1.54, 1.807) is 7.11 Å². The highest BCUT2D eigenvalue weighted by Gasteiger charge is 2.22. The lowest BCUT2D eigenvalue weighted by Gasteiger charge is -2.13. The number of aromatic amines is 1. The minimum absolute atomic E-state index is 0.888. The molecule has 0 spiro atoms. The van der Waals surface area contributed by atoms with Crippen LogP contribution in [0, 0.1) is 0 Å². The van der Waals surface area contributed by atoms with Gasteiger partial charge >= 0.3 is 5.78 Å². The molecular weight excluding hydrogens is 348 g/mol. The number of imidazole rings is 2. The number of hydrogen-bond acceptors (Lipinski definition) is 2. The Hall–Kier alpha value is -2.79. The Morgan fingerprint density at radius 1 is 1.00 bits per heavy atom. The van der Waals surface area contributed by atoms with Crippen LogP contribution in [0.4, 0.5) is 0 Å². The van der Waals surface area contributed by atoms with Gasteiger partial charge in [-0.1, -0.05) is 12.1 Å². The molecule has 1 saturated heterocycles. The number of nitrogens with one attached hydrogen (secondary N) is 1. The highest BCUT2D eigenvalue weighted by atomic mass is 16.5. The Kier molecular flexibility index (Phi) is 4.53. The molecule has 1 fully saturated rings. The lowest BCUT2D eigenvalue weighted by molar-refractivity contribution is -0.479. The number of ether oxygens (including phenoxy) is 1. The van der Waals surface area contributed by atoms with Crippen molar-refractivity contribution in [2.24, 2.45) is 0 Å². The number of aryl methyl sites for hydroxylation is 1. The van der Waals surface area contributed by atoms with Crippen molar-refractivity contribution in [3.63, 3.8) is 0 Å². The highest BCUT2D eigenvalue weighted by Crippen LogP contribution is 2.25. The Morgan fingerprint density at radius 3 is 2.57 bits per heavy atom. The molecule has 28 heavy (non-hydrogen) atoms. The number of hydrogen-bond donors (Lipinski definition) is 1. The van der Waals surface area contributed by atoms with Gasteiger partial charge in [0, 0.05) is 12.1 Å². The third-order valence-electron chi connectivity index (χ3n) is 5.88. The SMILES string of the molecule is COc1ccc(-c2c[n+]3c4ccccc4[nH]c3n2CCCN2CCCC2)cc1. The molecule has 0 amide bonds. The quantitative estimate of drug-likeness (QED) is 0.520. The number of likely N-dealkylation sites (tertiary alicyclic amines) is 1. The fourth-order valence-electron chi connectivity index (χ4n) is 4.40. The summed E-state index contributed by atoms with van der Waals surface area (Å²) in [7, 11) is 1.71. The first-order chi connectivity index (χ1) is 13.8. The summed E-state index contributed by atoms with van der Waals surface area (Å²) < 4.78 is 10.0. The van der Waals surface area contributed by atoms with Crippen LogP contribution in [-0.4, -0.2) is 41.2 Å². The van der Waals surface area contributed by atoms with Gasteiger partial charge in [-0.2, -0.15) is 4.40 Å². The maximum Gasteiger partial charge on any atom is 0.368 e. The smallest absolute Gasteiger partial charge is 0.368 e. The second-order valence-electron chi connectivity index (χ2n) is 7.63. The van der Waals surface area contributed by atoms with Crippen molar-refractivity contribution < 1.29 is 9.14 Å². The fourth-order valence-corrected chi connectivity index (χ4v) is 4.40. The molecule has 144 valence electrons. The van der Waals surface area contributed by atoms with Gasteiger partial charge in [0.25, 0.3) is 0 Å². The van der Waals surface area contributed by atoms with Crippen molar-refractivity contribution in [2.45, 2.75) is 25.8 Å². The van der Waals surface area contributed by atoms with E-state index in [0.717, 1.165) is 24.5 Å². The first-order valence-electron chi connectivity index (χ1n) is 10.2. The zero-order valence-electron chi connectivity index (χ0n) is 16.4. The second-order valence-corrected chi connectivity index (χ2v) is 7.63. The van der Waals surface area contributed by atoms with Gasteiger partial charge < -0.3 is 9.64 Å². The van der Waals surface area contributed by atoms with Crippen molar-refractivity contribution in [3.8, 4) is 17.0 Å². The lowest BCUT2D eigenvalue weighted by Crippen LogP contribution is -2.22. The summed E-state index contributed by atoms with van der Waals surface area (Å²) in [6, 6.07) is 16.9. The van der Waals surface area contributed by atoms with Gasteiger partial charge in [0.05, 0.1) is 13.7 Å². The number of fused-ring (bicyclic) bond motifs is 3.